The number of hydrogen-bond donors (Lipinski definition) is 1. The predicted molar refractivity (Wildman–Crippen MR) is 134 cm³/mol. The summed E-state index contributed by atoms with van der Waals surface area (Å²) in [6, 6.07) is 23.9. The molecule has 1 heterocycles. The second-order valence-corrected chi connectivity index (χ2v) is 8.56. The van der Waals surface area contributed by atoms with Crippen molar-refractivity contribution in [2.75, 3.05) is 19.5 Å². The van der Waals surface area contributed by atoms with Crippen molar-refractivity contribution in [1.29, 1.82) is 0 Å². The number of thiazole rings is 1. The van der Waals surface area contributed by atoms with Crippen LogP contribution in [0.1, 0.15) is 28.6 Å². The van der Waals surface area contributed by atoms with Crippen molar-refractivity contribution in [3.63, 3.8) is 0 Å². The first-order chi connectivity index (χ1) is 16.1. The number of anilines is 1. The van der Waals surface area contributed by atoms with Crippen molar-refractivity contribution >= 4 is 22.4 Å². The largest absolute Gasteiger partial charge is 0.493 e. The smallest absolute Gasteiger partial charge is 0.261 e. The number of carbonyl (C=O) groups excluding carboxylic acids is 1. The summed E-state index contributed by atoms with van der Waals surface area (Å²) in [4.78, 5) is 18.9. The van der Waals surface area contributed by atoms with Crippen LogP contribution in [0.3, 0.4) is 0 Å². The van der Waals surface area contributed by atoms with Crippen LogP contribution in [0.2, 0.25) is 0 Å². The van der Waals surface area contributed by atoms with Crippen molar-refractivity contribution in [2.24, 2.45) is 0 Å². The van der Waals surface area contributed by atoms with Gasteiger partial charge in [-0.1, -0.05) is 74.0 Å². The summed E-state index contributed by atoms with van der Waals surface area (Å²) in [5.41, 5.74) is 4.68. The zero-order valence-electron chi connectivity index (χ0n) is 18.9. The topological polar surface area (TPSA) is 60.5 Å². The van der Waals surface area contributed by atoms with E-state index >= 15 is 0 Å². The van der Waals surface area contributed by atoms with Crippen LogP contribution in [0.4, 0.5) is 5.13 Å². The Morgan fingerprint density at radius 3 is 2.24 bits per heavy atom. The van der Waals surface area contributed by atoms with Crippen molar-refractivity contribution in [1.82, 2.24) is 4.98 Å². The third kappa shape index (κ3) is 4.91. The standard InChI is InChI=1S/C27H26N2O3S/c1-4-9-23-24(20-16-14-19(15-17-20)18-10-6-5-7-11-18)28-27(33-23)29-26(30)21-12-8-13-22(31-2)25(21)32-3/h5-8,10-17H,4,9H2,1-3H3,(H,28,29,30). The SMILES string of the molecule is CCCc1sc(NC(=O)c2cccc(OC)c2OC)nc1-c1ccc(-c2ccccc2)cc1. The summed E-state index contributed by atoms with van der Waals surface area (Å²) in [6.45, 7) is 2.14. The monoisotopic (exact) mass is 458 g/mol. The number of aromatic nitrogens is 1. The van der Waals surface area contributed by atoms with Gasteiger partial charge < -0.3 is 9.47 Å². The maximum Gasteiger partial charge on any atom is 0.261 e. The van der Waals surface area contributed by atoms with Gasteiger partial charge in [-0.05, 0) is 29.7 Å². The van der Waals surface area contributed by atoms with Gasteiger partial charge in [-0.3, -0.25) is 10.1 Å². The van der Waals surface area contributed by atoms with Crippen LogP contribution >= 0.6 is 11.3 Å². The number of nitrogens with zero attached hydrogens (tertiary/aromatic N) is 1. The molecule has 0 aliphatic heterocycles. The van der Waals surface area contributed by atoms with Gasteiger partial charge in [0.2, 0.25) is 0 Å². The molecule has 0 unspecified atom stereocenters. The van der Waals surface area contributed by atoms with Gasteiger partial charge in [0.1, 0.15) is 0 Å². The van der Waals surface area contributed by atoms with Crippen LogP contribution in [0.15, 0.2) is 72.8 Å². The van der Waals surface area contributed by atoms with E-state index in [0.29, 0.717) is 22.2 Å². The Labute approximate surface area is 198 Å². The minimum atomic E-state index is -0.284. The first-order valence-electron chi connectivity index (χ1n) is 10.8. The van der Waals surface area contributed by atoms with E-state index in [9.17, 15) is 4.79 Å². The van der Waals surface area contributed by atoms with Crippen LogP contribution in [-0.4, -0.2) is 25.1 Å². The molecule has 0 saturated heterocycles. The van der Waals surface area contributed by atoms with Crippen molar-refractivity contribution in [2.45, 2.75) is 19.8 Å². The summed E-state index contributed by atoms with van der Waals surface area (Å²) in [5.74, 6) is 0.628. The summed E-state index contributed by atoms with van der Waals surface area (Å²) >= 11 is 1.51. The zero-order valence-corrected chi connectivity index (χ0v) is 19.7. The van der Waals surface area contributed by atoms with Crippen LogP contribution < -0.4 is 14.8 Å². The Kier molecular flexibility index (Phi) is 7.05. The Bertz CT molecular complexity index is 1230. The molecule has 0 bridgehead atoms. The fourth-order valence-electron chi connectivity index (χ4n) is 3.71. The van der Waals surface area contributed by atoms with Crippen molar-refractivity contribution in [3.8, 4) is 33.9 Å². The van der Waals surface area contributed by atoms with Gasteiger partial charge in [-0.2, -0.15) is 0 Å². The fraction of sp³-hybridized carbons (Fsp3) is 0.185. The fourth-order valence-corrected chi connectivity index (χ4v) is 4.79. The summed E-state index contributed by atoms with van der Waals surface area (Å²) in [6.07, 6.45) is 1.89. The molecule has 1 amide bonds. The number of para-hydroxylation sites is 1. The number of carbonyl (C=O) groups is 1. The molecule has 5 nitrogen and oxygen atoms in total. The number of hydrogen-bond acceptors (Lipinski definition) is 5. The number of benzene rings is 3. The van der Waals surface area contributed by atoms with E-state index in [1.165, 1.54) is 24.0 Å². The molecule has 0 saturated carbocycles. The first-order valence-corrected chi connectivity index (χ1v) is 11.6. The molecule has 1 N–H and O–H groups in total. The molecule has 4 rings (SSSR count). The summed E-state index contributed by atoms with van der Waals surface area (Å²) in [5, 5.41) is 3.51. The molecule has 0 aliphatic rings. The highest BCUT2D eigenvalue weighted by Gasteiger charge is 2.19. The molecule has 0 aliphatic carbocycles. The van der Waals surface area contributed by atoms with E-state index < -0.39 is 0 Å². The first kappa shape index (κ1) is 22.6. The van der Waals surface area contributed by atoms with Gasteiger partial charge in [0.05, 0.1) is 25.5 Å². The average Bonchev–Trinajstić information content (AvgIpc) is 3.26. The van der Waals surface area contributed by atoms with E-state index in [1.54, 1.807) is 25.3 Å². The van der Waals surface area contributed by atoms with E-state index in [1.807, 2.05) is 18.2 Å². The highest BCUT2D eigenvalue weighted by atomic mass is 32.1. The van der Waals surface area contributed by atoms with Gasteiger partial charge in [0.25, 0.3) is 5.91 Å². The third-order valence-electron chi connectivity index (χ3n) is 5.31. The Morgan fingerprint density at radius 2 is 1.58 bits per heavy atom. The lowest BCUT2D eigenvalue weighted by atomic mass is 10.0. The molecular weight excluding hydrogens is 432 g/mol. The molecule has 33 heavy (non-hydrogen) atoms. The lowest BCUT2D eigenvalue weighted by Gasteiger charge is -2.11. The normalized spacial score (nSPS) is 10.6. The van der Waals surface area contributed by atoms with E-state index in [0.717, 1.165) is 34.5 Å². The molecule has 0 radical (unpaired) electrons. The molecule has 0 fully saturated rings. The van der Waals surface area contributed by atoms with Crippen LogP contribution in [0.5, 0.6) is 11.5 Å². The van der Waals surface area contributed by atoms with Gasteiger partial charge >= 0.3 is 0 Å². The molecule has 0 atom stereocenters. The molecule has 0 spiro atoms. The number of nitrogens with one attached hydrogen (secondary N) is 1. The molecule has 168 valence electrons. The lowest BCUT2D eigenvalue weighted by Crippen LogP contribution is -2.13. The number of rotatable bonds is 8. The maximum atomic E-state index is 13.0. The zero-order chi connectivity index (χ0) is 23.2. The Hall–Kier alpha value is -3.64. The Morgan fingerprint density at radius 1 is 0.879 bits per heavy atom. The lowest BCUT2D eigenvalue weighted by molar-refractivity contribution is 0.102. The molecule has 6 heteroatoms. The number of methoxy groups -OCH3 is 2. The number of amides is 1. The minimum Gasteiger partial charge on any atom is -0.493 e. The quantitative estimate of drug-likeness (QED) is 0.319. The van der Waals surface area contributed by atoms with Gasteiger partial charge in [0, 0.05) is 10.4 Å². The van der Waals surface area contributed by atoms with Gasteiger partial charge in [-0.15, -0.1) is 11.3 Å². The van der Waals surface area contributed by atoms with E-state index in [-0.39, 0.29) is 5.91 Å². The van der Waals surface area contributed by atoms with Crippen LogP contribution in [0.25, 0.3) is 22.4 Å². The number of aryl methyl sites for hydroxylation is 1. The molecular formula is C27H26N2O3S. The van der Waals surface area contributed by atoms with Crippen molar-refractivity contribution < 1.29 is 14.3 Å². The molecule has 3 aromatic carbocycles. The minimum absolute atomic E-state index is 0.284. The third-order valence-corrected chi connectivity index (χ3v) is 6.34. The highest BCUT2D eigenvalue weighted by Crippen LogP contribution is 2.35. The Balaban J connectivity index is 1.62. The maximum absolute atomic E-state index is 13.0. The average molecular weight is 459 g/mol. The summed E-state index contributed by atoms with van der Waals surface area (Å²) < 4.78 is 10.7. The molecule has 1 aromatic heterocycles. The second kappa shape index (κ2) is 10.3. The molecule has 4 aromatic rings. The van der Waals surface area contributed by atoms with E-state index in [4.69, 9.17) is 14.5 Å². The van der Waals surface area contributed by atoms with E-state index in [2.05, 4.69) is 48.6 Å². The summed E-state index contributed by atoms with van der Waals surface area (Å²) in [7, 11) is 3.07. The van der Waals surface area contributed by atoms with Crippen LogP contribution in [-0.2, 0) is 6.42 Å². The van der Waals surface area contributed by atoms with Gasteiger partial charge in [0.15, 0.2) is 16.6 Å². The number of ether oxygens (including phenoxy) is 2. The second-order valence-electron chi connectivity index (χ2n) is 7.48. The predicted octanol–water partition coefficient (Wildman–Crippen LogP) is 6.70. The van der Waals surface area contributed by atoms with Crippen molar-refractivity contribution in [3.05, 3.63) is 83.2 Å². The van der Waals surface area contributed by atoms with Crippen LogP contribution in [0, 0.1) is 0 Å². The highest BCUT2D eigenvalue weighted by molar-refractivity contribution is 7.16. The van der Waals surface area contributed by atoms with Gasteiger partial charge in [-0.25, -0.2) is 4.98 Å².